The first-order valence-corrected chi connectivity index (χ1v) is 14.2. The molecule has 0 saturated heterocycles. The van der Waals surface area contributed by atoms with Crippen LogP contribution in [0.4, 0.5) is 41.6 Å². The molecule has 0 fully saturated rings. The minimum absolute atomic E-state index is 0.00208. The van der Waals surface area contributed by atoms with Crippen molar-refractivity contribution in [3.05, 3.63) is 58.1 Å². The molecule has 1 aliphatic rings. The van der Waals surface area contributed by atoms with Gasteiger partial charge in [0.1, 0.15) is 5.75 Å². The number of hydrogen-bond acceptors (Lipinski definition) is 7. The average Bonchev–Trinajstić information content (AvgIpc) is 2.97. The first kappa shape index (κ1) is 36.3. The summed E-state index contributed by atoms with van der Waals surface area (Å²) in [5, 5.41) is 2.95. The Morgan fingerprint density at radius 3 is 1.98 bits per heavy atom. The minimum Gasteiger partial charge on any atom is -0.496 e. The van der Waals surface area contributed by atoms with E-state index in [2.05, 4.69) is 0 Å². The molecule has 3 rings (SSSR count). The second-order valence-corrected chi connectivity index (χ2v) is 10.7. The summed E-state index contributed by atoms with van der Waals surface area (Å²) in [6.07, 6.45) is -12.1. The van der Waals surface area contributed by atoms with Gasteiger partial charge in [0, 0.05) is 38.8 Å². The predicted octanol–water partition coefficient (Wildman–Crippen LogP) is 6.74. The Labute approximate surface area is 262 Å². The van der Waals surface area contributed by atoms with E-state index in [0.29, 0.717) is 12.1 Å². The van der Waals surface area contributed by atoms with Crippen LogP contribution in [0.5, 0.6) is 5.75 Å². The zero-order chi connectivity index (χ0) is 34.7. The third kappa shape index (κ3) is 7.59. The Hall–Kier alpha value is -4.21. The molecule has 2 unspecified atom stereocenters. The van der Waals surface area contributed by atoms with E-state index in [1.165, 1.54) is 29.2 Å². The highest BCUT2D eigenvalue weighted by Gasteiger charge is 2.42. The Morgan fingerprint density at radius 1 is 0.935 bits per heavy atom. The van der Waals surface area contributed by atoms with Crippen LogP contribution in [0.1, 0.15) is 65.8 Å². The van der Waals surface area contributed by atoms with Crippen LogP contribution in [0.2, 0.25) is 0 Å². The van der Waals surface area contributed by atoms with Crippen molar-refractivity contribution < 1.29 is 54.9 Å². The summed E-state index contributed by atoms with van der Waals surface area (Å²) in [5.74, 6) is -0.435. The van der Waals surface area contributed by atoms with Gasteiger partial charge in [0.2, 0.25) is 0 Å². The molecule has 10 nitrogen and oxygen atoms in total. The van der Waals surface area contributed by atoms with Crippen LogP contribution in [-0.4, -0.2) is 80.5 Å². The lowest BCUT2D eigenvalue weighted by atomic mass is 9.88. The van der Waals surface area contributed by atoms with Crippen molar-refractivity contribution in [1.82, 2.24) is 14.9 Å². The van der Waals surface area contributed by atoms with Crippen molar-refractivity contribution in [2.45, 2.75) is 58.2 Å². The smallest absolute Gasteiger partial charge is 0.416 e. The molecule has 3 amide bonds. The van der Waals surface area contributed by atoms with Crippen LogP contribution in [0.3, 0.4) is 0 Å². The number of carbonyl (C=O) groups is 3. The molecular weight excluding hydrogens is 626 g/mol. The lowest BCUT2D eigenvalue weighted by Crippen LogP contribution is -2.48. The summed E-state index contributed by atoms with van der Waals surface area (Å²) < 4.78 is 97.5. The van der Waals surface area contributed by atoms with E-state index in [4.69, 9.17) is 14.2 Å². The monoisotopic (exact) mass is 662 g/mol. The van der Waals surface area contributed by atoms with Gasteiger partial charge in [-0.05, 0) is 63.1 Å². The number of halogens is 6. The van der Waals surface area contributed by atoms with Crippen LogP contribution in [0, 0.1) is 0 Å². The van der Waals surface area contributed by atoms with Crippen LogP contribution >= 0.6 is 0 Å². The third-order valence-electron chi connectivity index (χ3n) is 7.47. The van der Waals surface area contributed by atoms with Gasteiger partial charge in [0.25, 0.3) is 5.91 Å². The van der Waals surface area contributed by atoms with Crippen LogP contribution < -0.4 is 9.64 Å². The van der Waals surface area contributed by atoms with Gasteiger partial charge in [0.15, 0.2) is 0 Å². The first-order valence-electron chi connectivity index (χ1n) is 14.2. The number of hydrogen-bond donors (Lipinski definition) is 0. The fraction of sp³-hybridized carbons (Fsp3) is 0.500. The maximum absolute atomic E-state index is 13.6. The van der Waals surface area contributed by atoms with E-state index >= 15 is 0 Å². The van der Waals surface area contributed by atoms with E-state index in [-0.39, 0.29) is 48.2 Å². The molecule has 0 N–H and O–H groups in total. The molecule has 1 aliphatic heterocycles. The number of nitrogens with zero attached hydrogens (tertiary/aromatic N) is 4. The second-order valence-electron chi connectivity index (χ2n) is 10.7. The fourth-order valence-corrected chi connectivity index (χ4v) is 5.43. The van der Waals surface area contributed by atoms with Crippen LogP contribution in [0.15, 0.2) is 30.3 Å². The van der Waals surface area contributed by atoms with Gasteiger partial charge in [-0.25, -0.2) is 14.6 Å². The van der Waals surface area contributed by atoms with Crippen LogP contribution in [-0.2, 0) is 28.4 Å². The summed E-state index contributed by atoms with van der Waals surface area (Å²) in [5.41, 5.74) is -3.14. The molecule has 0 aromatic heterocycles. The van der Waals surface area contributed by atoms with Gasteiger partial charge < -0.3 is 14.2 Å². The number of alkyl halides is 6. The zero-order valence-corrected chi connectivity index (χ0v) is 26.4. The molecule has 0 bridgehead atoms. The van der Waals surface area contributed by atoms with E-state index < -0.39 is 65.8 Å². The predicted molar refractivity (Wildman–Crippen MR) is 154 cm³/mol. The largest absolute Gasteiger partial charge is 0.496 e. The van der Waals surface area contributed by atoms with Gasteiger partial charge in [0.05, 0.1) is 49.2 Å². The average molecular weight is 663 g/mol. The molecule has 0 aliphatic carbocycles. The number of anilines is 1. The summed E-state index contributed by atoms with van der Waals surface area (Å²) >= 11 is 0. The quantitative estimate of drug-likeness (QED) is 0.229. The maximum atomic E-state index is 13.6. The molecule has 16 heteroatoms. The van der Waals surface area contributed by atoms with Crippen molar-refractivity contribution in [2.75, 3.05) is 46.4 Å². The van der Waals surface area contributed by atoms with Gasteiger partial charge in [-0.2, -0.15) is 26.3 Å². The van der Waals surface area contributed by atoms with Crippen molar-refractivity contribution in [1.29, 1.82) is 0 Å². The molecule has 0 radical (unpaired) electrons. The van der Waals surface area contributed by atoms with Crippen LogP contribution in [0.25, 0.3) is 0 Å². The fourth-order valence-electron chi connectivity index (χ4n) is 5.43. The zero-order valence-electron chi connectivity index (χ0n) is 26.4. The number of fused-ring (bicyclic) bond motifs is 1. The highest BCUT2D eigenvalue weighted by atomic mass is 19.4. The molecule has 0 spiro atoms. The number of rotatable bonds is 8. The van der Waals surface area contributed by atoms with Gasteiger partial charge in [-0.15, -0.1) is 0 Å². The molecule has 1 heterocycles. The second kappa shape index (κ2) is 14.1. The summed E-state index contributed by atoms with van der Waals surface area (Å²) in [6.45, 7) is 4.54. The summed E-state index contributed by atoms with van der Waals surface area (Å²) in [7, 11) is 5.63. The van der Waals surface area contributed by atoms with Gasteiger partial charge >= 0.3 is 24.5 Å². The third-order valence-corrected chi connectivity index (χ3v) is 7.47. The van der Waals surface area contributed by atoms with Gasteiger partial charge in [-0.1, -0.05) is 0 Å². The van der Waals surface area contributed by atoms with Crippen molar-refractivity contribution in [3.8, 4) is 5.75 Å². The molecule has 254 valence electrons. The highest BCUT2D eigenvalue weighted by molar-refractivity contribution is 6.00. The van der Waals surface area contributed by atoms with E-state index in [1.54, 1.807) is 39.9 Å². The number of ether oxygens (including phenoxy) is 3. The van der Waals surface area contributed by atoms with Gasteiger partial charge in [-0.3, -0.25) is 19.6 Å². The molecule has 2 atom stereocenters. The lowest BCUT2D eigenvalue weighted by Gasteiger charge is -2.43. The normalized spacial score (nSPS) is 16.5. The van der Waals surface area contributed by atoms with E-state index in [9.17, 15) is 40.7 Å². The maximum Gasteiger partial charge on any atom is 0.416 e. The standard InChI is InChI=1S/C30H36F6N4O6/c1-8-39(37(4)5)26(41)22-14-24-21(15-25(22)44-6)23(10-17(3)40(24)28(43)46-9-2)38(27(42)45-7)16-18-11-19(29(31,32)33)13-20(12-18)30(34,35)36/h11-15,17,23H,8-10,16H2,1-7H3. The molecule has 2 aromatic rings. The number of benzene rings is 2. The Balaban J connectivity index is 2.28. The number of carbonyl (C=O) groups excluding carboxylic acids is 3. The number of hydrazine groups is 1. The lowest BCUT2D eigenvalue weighted by molar-refractivity contribution is -0.143. The minimum atomic E-state index is -5.10. The molecular formula is C30H36F6N4O6. The Kier molecular flexibility index (Phi) is 11.1. The summed E-state index contributed by atoms with van der Waals surface area (Å²) in [6, 6.07) is 2.10. The number of methoxy groups -OCH3 is 2. The molecule has 46 heavy (non-hydrogen) atoms. The van der Waals surface area contributed by atoms with E-state index in [1.807, 2.05) is 0 Å². The molecule has 2 aromatic carbocycles. The van der Waals surface area contributed by atoms with Crippen molar-refractivity contribution >= 4 is 23.8 Å². The summed E-state index contributed by atoms with van der Waals surface area (Å²) in [4.78, 5) is 42.2. The van der Waals surface area contributed by atoms with E-state index in [0.717, 1.165) is 12.0 Å². The highest BCUT2D eigenvalue weighted by Crippen LogP contribution is 2.45. The SMILES string of the molecule is CCOC(=O)N1c2cc(C(=O)N(CC)N(C)C)c(OC)cc2C(N(Cc2cc(C(F)(F)F)cc(C(F)(F)F)c2)C(=O)OC)CC1C. The topological polar surface area (TPSA) is 91.9 Å². The van der Waals surface area contributed by atoms with Crippen molar-refractivity contribution in [3.63, 3.8) is 0 Å². The number of amides is 3. The Bertz CT molecular complexity index is 1420. The van der Waals surface area contributed by atoms with Crippen molar-refractivity contribution in [2.24, 2.45) is 0 Å². The molecule has 0 saturated carbocycles. The Morgan fingerprint density at radius 2 is 1.52 bits per heavy atom. The first-order chi connectivity index (χ1) is 21.4.